The summed E-state index contributed by atoms with van der Waals surface area (Å²) in [5.41, 5.74) is 2.82. The summed E-state index contributed by atoms with van der Waals surface area (Å²) in [6.45, 7) is 2.41. The van der Waals surface area contributed by atoms with E-state index in [0.29, 0.717) is 12.2 Å². The van der Waals surface area contributed by atoms with Gasteiger partial charge in [-0.1, -0.05) is 18.2 Å². The summed E-state index contributed by atoms with van der Waals surface area (Å²) in [5, 5.41) is 14.6. The van der Waals surface area contributed by atoms with Crippen LogP contribution in [0.25, 0.3) is 22.2 Å². The number of nitrogens with one attached hydrogen (secondary N) is 1. The number of aromatic carboxylic acids is 1. The summed E-state index contributed by atoms with van der Waals surface area (Å²) in [4.78, 5) is 14.3. The van der Waals surface area contributed by atoms with E-state index in [0.717, 1.165) is 16.5 Å². The average Bonchev–Trinajstić information content (AvgIpc) is 3.01. The Morgan fingerprint density at radius 1 is 1.42 bits per heavy atom. The van der Waals surface area contributed by atoms with Gasteiger partial charge >= 0.3 is 5.97 Å². The number of aromatic amines is 1. The molecular formula is C14H13N3O2. The molecule has 0 spiro atoms. The monoisotopic (exact) mass is 255 g/mol. The average molecular weight is 255 g/mol. The first kappa shape index (κ1) is 11.5. The number of hydrogen-bond donors (Lipinski definition) is 2. The van der Waals surface area contributed by atoms with Gasteiger partial charge in [0.15, 0.2) is 0 Å². The van der Waals surface area contributed by atoms with E-state index < -0.39 is 5.97 Å². The van der Waals surface area contributed by atoms with E-state index in [4.69, 9.17) is 5.11 Å². The minimum atomic E-state index is -0.958. The molecule has 3 aromatic rings. The number of hydrogen-bond acceptors (Lipinski definition) is 2. The normalized spacial score (nSPS) is 11.0. The molecule has 0 saturated heterocycles. The Labute approximate surface area is 109 Å². The highest BCUT2D eigenvalue weighted by atomic mass is 16.4. The fourth-order valence-corrected chi connectivity index (χ4v) is 2.25. The van der Waals surface area contributed by atoms with E-state index in [-0.39, 0.29) is 5.69 Å². The third-order valence-corrected chi connectivity index (χ3v) is 3.16. The number of rotatable bonds is 3. The van der Waals surface area contributed by atoms with Crippen LogP contribution in [0, 0.1) is 0 Å². The van der Waals surface area contributed by atoms with Crippen molar-refractivity contribution in [2.75, 3.05) is 0 Å². The van der Waals surface area contributed by atoms with Gasteiger partial charge in [0.2, 0.25) is 0 Å². The van der Waals surface area contributed by atoms with Crippen molar-refractivity contribution in [3.05, 3.63) is 42.2 Å². The van der Waals surface area contributed by atoms with Crippen LogP contribution in [0.5, 0.6) is 0 Å². The molecule has 0 aliphatic carbocycles. The standard InChI is InChI=1S/C14H13N3O2/c1-2-17-13(14(18)19)7-12(16-17)10-8-15-11-6-4-3-5-9(10)11/h3-8,15H,2H2,1H3,(H,18,19). The lowest BCUT2D eigenvalue weighted by atomic mass is 10.1. The zero-order valence-corrected chi connectivity index (χ0v) is 10.4. The smallest absolute Gasteiger partial charge is 0.354 e. The Hall–Kier alpha value is -2.56. The highest BCUT2D eigenvalue weighted by Gasteiger charge is 2.16. The number of aromatic nitrogens is 3. The second-order valence-corrected chi connectivity index (χ2v) is 4.28. The molecule has 5 heteroatoms. The predicted octanol–water partition coefficient (Wildman–Crippen LogP) is 2.75. The lowest BCUT2D eigenvalue weighted by Crippen LogP contribution is -2.07. The Morgan fingerprint density at radius 2 is 2.21 bits per heavy atom. The zero-order valence-electron chi connectivity index (χ0n) is 10.4. The van der Waals surface area contributed by atoms with Gasteiger partial charge in [-0.15, -0.1) is 0 Å². The van der Waals surface area contributed by atoms with Crippen LogP contribution >= 0.6 is 0 Å². The van der Waals surface area contributed by atoms with E-state index in [1.165, 1.54) is 4.68 Å². The van der Waals surface area contributed by atoms with Crippen LogP contribution in [0.15, 0.2) is 36.5 Å². The second-order valence-electron chi connectivity index (χ2n) is 4.28. The van der Waals surface area contributed by atoms with Crippen molar-refractivity contribution in [3.8, 4) is 11.3 Å². The third kappa shape index (κ3) is 1.79. The number of carboxylic acids is 1. The number of fused-ring (bicyclic) bond motifs is 1. The van der Waals surface area contributed by atoms with Gasteiger partial charge < -0.3 is 10.1 Å². The number of para-hydroxylation sites is 1. The SMILES string of the molecule is CCn1nc(-c2c[nH]c3ccccc23)cc1C(=O)O. The Kier molecular flexibility index (Phi) is 2.59. The molecule has 0 bridgehead atoms. The van der Waals surface area contributed by atoms with Crippen LogP contribution in [0.4, 0.5) is 0 Å². The molecule has 5 nitrogen and oxygen atoms in total. The fourth-order valence-electron chi connectivity index (χ4n) is 2.25. The fraction of sp³-hybridized carbons (Fsp3) is 0.143. The molecule has 19 heavy (non-hydrogen) atoms. The lowest BCUT2D eigenvalue weighted by Gasteiger charge is -1.97. The summed E-state index contributed by atoms with van der Waals surface area (Å²) in [5.74, 6) is -0.958. The summed E-state index contributed by atoms with van der Waals surface area (Å²) in [7, 11) is 0. The van der Waals surface area contributed by atoms with Gasteiger partial charge in [0.1, 0.15) is 5.69 Å². The van der Waals surface area contributed by atoms with E-state index in [1.807, 2.05) is 37.4 Å². The molecule has 3 rings (SSSR count). The maximum Gasteiger partial charge on any atom is 0.354 e. The van der Waals surface area contributed by atoms with Crippen LogP contribution < -0.4 is 0 Å². The summed E-state index contributed by atoms with van der Waals surface area (Å²) < 4.78 is 1.50. The Balaban J connectivity index is 2.19. The molecule has 0 aliphatic rings. The first-order valence-electron chi connectivity index (χ1n) is 6.08. The molecule has 0 aliphatic heterocycles. The van der Waals surface area contributed by atoms with E-state index in [9.17, 15) is 4.79 Å². The highest BCUT2D eigenvalue weighted by molar-refractivity contribution is 5.96. The topological polar surface area (TPSA) is 70.9 Å². The maximum atomic E-state index is 11.2. The molecule has 2 aromatic heterocycles. The highest BCUT2D eigenvalue weighted by Crippen LogP contribution is 2.28. The van der Waals surface area contributed by atoms with E-state index >= 15 is 0 Å². The van der Waals surface area contributed by atoms with Crippen LogP contribution in [0.1, 0.15) is 17.4 Å². The minimum absolute atomic E-state index is 0.211. The molecule has 0 radical (unpaired) electrons. The molecule has 2 N–H and O–H groups in total. The minimum Gasteiger partial charge on any atom is -0.477 e. The molecule has 0 saturated carbocycles. The number of H-pyrrole nitrogens is 1. The first-order chi connectivity index (χ1) is 9.20. The van der Waals surface area contributed by atoms with Gasteiger partial charge in [0.25, 0.3) is 0 Å². The summed E-state index contributed by atoms with van der Waals surface area (Å²) in [6, 6.07) is 9.49. The molecule has 0 unspecified atom stereocenters. The molecule has 0 atom stereocenters. The van der Waals surface area contributed by atoms with Gasteiger partial charge in [-0.25, -0.2) is 4.79 Å². The van der Waals surface area contributed by atoms with Crippen LogP contribution in [-0.4, -0.2) is 25.8 Å². The van der Waals surface area contributed by atoms with Crippen molar-refractivity contribution in [3.63, 3.8) is 0 Å². The molecule has 96 valence electrons. The van der Waals surface area contributed by atoms with E-state index in [1.54, 1.807) is 6.07 Å². The summed E-state index contributed by atoms with van der Waals surface area (Å²) >= 11 is 0. The van der Waals surface area contributed by atoms with Gasteiger partial charge in [0, 0.05) is 29.2 Å². The molecule has 0 fully saturated rings. The van der Waals surface area contributed by atoms with Crippen molar-refractivity contribution in [1.29, 1.82) is 0 Å². The number of benzene rings is 1. The van der Waals surface area contributed by atoms with Gasteiger partial charge in [-0.2, -0.15) is 5.10 Å². The summed E-state index contributed by atoms with van der Waals surface area (Å²) in [6.07, 6.45) is 1.86. The molecule has 2 heterocycles. The lowest BCUT2D eigenvalue weighted by molar-refractivity contribution is 0.0683. The van der Waals surface area contributed by atoms with Crippen LogP contribution in [0.3, 0.4) is 0 Å². The number of carboxylic acid groups (broad SMARTS) is 1. The third-order valence-electron chi connectivity index (χ3n) is 3.16. The number of carbonyl (C=O) groups is 1. The number of nitrogens with zero attached hydrogens (tertiary/aromatic N) is 2. The van der Waals surface area contributed by atoms with Gasteiger partial charge in [0.05, 0.1) is 5.69 Å². The van der Waals surface area contributed by atoms with Crippen molar-refractivity contribution in [2.45, 2.75) is 13.5 Å². The van der Waals surface area contributed by atoms with Crippen molar-refractivity contribution < 1.29 is 9.90 Å². The Morgan fingerprint density at radius 3 is 2.89 bits per heavy atom. The van der Waals surface area contributed by atoms with Crippen LogP contribution in [0.2, 0.25) is 0 Å². The quantitative estimate of drug-likeness (QED) is 0.756. The number of aryl methyl sites for hydroxylation is 1. The predicted molar refractivity (Wildman–Crippen MR) is 72.2 cm³/mol. The first-order valence-corrected chi connectivity index (χ1v) is 6.08. The van der Waals surface area contributed by atoms with Gasteiger partial charge in [-0.3, -0.25) is 4.68 Å². The van der Waals surface area contributed by atoms with Crippen molar-refractivity contribution in [1.82, 2.24) is 14.8 Å². The van der Waals surface area contributed by atoms with Gasteiger partial charge in [-0.05, 0) is 19.1 Å². The zero-order chi connectivity index (χ0) is 13.4. The van der Waals surface area contributed by atoms with Crippen molar-refractivity contribution in [2.24, 2.45) is 0 Å². The maximum absolute atomic E-state index is 11.2. The molecule has 1 aromatic carbocycles. The van der Waals surface area contributed by atoms with Crippen LogP contribution in [-0.2, 0) is 6.54 Å². The van der Waals surface area contributed by atoms with E-state index in [2.05, 4.69) is 10.1 Å². The molecular weight excluding hydrogens is 242 g/mol. The molecule has 0 amide bonds. The Bertz CT molecular complexity index is 755. The largest absolute Gasteiger partial charge is 0.477 e. The van der Waals surface area contributed by atoms with Crippen molar-refractivity contribution >= 4 is 16.9 Å². The second kappa shape index (κ2) is 4.28.